The van der Waals surface area contributed by atoms with Gasteiger partial charge in [0.25, 0.3) is 5.69 Å². The van der Waals surface area contributed by atoms with E-state index in [9.17, 15) is 14.9 Å². The highest BCUT2D eigenvalue weighted by Crippen LogP contribution is 2.35. The van der Waals surface area contributed by atoms with E-state index in [1.54, 1.807) is 23.5 Å². The van der Waals surface area contributed by atoms with Gasteiger partial charge in [-0.15, -0.1) is 36.2 Å². The molecule has 1 aromatic heterocycles. The summed E-state index contributed by atoms with van der Waals surface area (Å²) in [4.78, 5) is 29.3. The van der Waals surface area contributed by atoms with Crippen molar-refractivity contribution in [3.8, 4) is 10.4 Å². The maximum Gasteiger partial charge on any atom is 0.278 e. The smallest absolute Gasteiger partial charge is 0.278 e. The normalized spacial score (nSPS) is 15.2. The number of hydrogen-bond acceptors (Lipinski definition) is 6. The summed E-state index contributed by atoms with van der Waals surface area (Å²) in [6.07, 6.45) is 0.393. The van der Waals surface area contributed by atoms with Crippen LogP contribution in [0, 0.1) is 10.1 Å². The first-order valence-electron chi connectivity index (χ1n) is 9.02. The molecule has 2 heterocycles. The summed E-state index contributed by atoms with van der Waals surface area (Å²) in [5.74, 6) is 0.124. The van der Waals surface area contributed by atoms with E-state index in [2.05, 4.69) is 4.90 Å². The fourth-order valence-corrected chi connectivity index (χ4v) is 4.31. The van der Waals surface area contributed by atoms with E-state index in [0.29, 0.717) is 25.1 Å². The molecule has 160 valence electrons. The second-order valence-corrected chi connectivity index (χ2v) is 8.05. The number of nitrogens with zero attached hydrogens (tertiary/aromatic N) is 3. The predicted octanol–water partition coefficient (Wildman–Crippen LogP) is 3.55. The van der Waals surface area contributed by atoms with Crippen molar-refractivity contribution in [2.24, 2.45) is 5.73 Å². The Bertz CT molecular complexity index is 823. The Labute approximate surface area is 186 Å². The van der Waals surface area contributed by atoms with Crippen LogP contribution >= 0.6 is 36.2 Å². The highest BCUT2D eigenvalue weighted by molar-refractivity contribution is 7.15. The summed E-state index contributed by atoms with van der Waals surface area (Å²) < 4.78 is 0. The molecule has 0 bridgehead atoms. The number of benzene rings is 1. The summed E-state index contributed by atoms with van der Waals surface area (Å²) in [7, 11) is 0. The Morgan fingerprint density at radius 2 is 1.83 bits per heavy atom. The van der Waals surface area contributed by atoms with Gasteiger partial charge in [0.2, 0.25) is 5.91 Å². The molecule has 1 saturated heterocycles. The Balaban J connectivity index is 0.00000210. The zero-order valence-electron chi connectivity index (χ0n) is 16.2. The number of halogens is 2. The molecule has 1 aliphatic heterocycles. The van der Waals surface area contributed by atoms with Crippen molar-refractivity contribution in [1.82, 2.24) is 9.80 Å². The minimum absolute atomic E-state index is 0. The van der Waals surface area contributed by atoms with Crippen molar-refractivity contribution in [3.63, 3.8) is 0 Å². The second kappa shape index (κ2) is 11.5. The van der Waals surface area contributed by atoms with Crippen LogP contribution in [0.25, 0.3) is 10.4 Å². The molecule has 0 aliphatic carbocycles. The number of nitro groups is 1. The zero-order chi connectivity index (χ0) is 19.4. The summed E-state index contributed by atoms with van der Waals surface area (Å²) >= 11 is 1.58. The maximum absolute atomic E-state index is 12.1. The van der Waals surface area contributed by atoms with Crippen LogP contribution in [0.15, 0.2) is 36.4 Å². The van der Waals surface area contributed by atoms with Gasteiger partial charge in [0, 0.05) is 61.0 Å². The fraction of sp³-hybridized carbons (Fsp3) is 0.421. The second-order valence-electron chi connectivity index (χ2n) is 6.88. The molecule has 0 spiro atoms. The minimum Gasteiger partial charge on any atom is -0.340 e. The number of amides is 1. The van der Waals surface area contributed by atoms with Gasteiger partial charge in [-0.3, -0.25) is 19.8 Å². The van der Waals surface area contributed by atoms with E-state index in [1.165, 1.54) is 10.9 Å². The topological polar surface area (TPSA) is 92.7 Å². The average molecular weight is 461 g/mol. The van der Waals surface area contributed by atoms with Crippen LogP contribution in [0.5, 0.6) is 0 Å². The van der Waals surface area contributed by atoms with Crippen molar-refractivity contribution in [2.45, 2.75) is 25.9 Å². The van der Waals surface area contributed by atoms with Crippen LogP contribution in [0.2, 0.25) is 0 Å². The summed E-state index contributed by atoms with van der Waals surface area (Å²) in [6, 6.07) is 10.7. The zero-order valence-corrected chi connectivity index (χ0v) is 18.6. The number of thiophene rings is 1. The first kappa shape index (κ1) is 25.3. The number of hydrogen-bond donors (Lipinski definition) is 1. The molecule has 1 atom stereocenters. The van der Waals surface area contributed by atoms with Gasteiger partial charge < -0.3 is 10.6 Å². The van der Waals surface area contributed by atoms with Gasteiger partial charge >= 0.3 is 0 Å². The van der Waals surface area contributed by atoms with Crippen LogP contribution in [-0.2, 0) is 11.3 Å². The van der Waals surface area contributed by atoms with Gasteiger partial charge in [0.15, 0.2) is 0 Å². The third kappa shape index (κ3) is 6.65. The van der Waals surface area contributed by atoms with Crippen LogP contribution < -0.4 is 5.73 Å². The lowest BCUT2D eigenvalue weighted by molar-refractivity contribution is -0.384. The Kier molecular flexibility index (Phi) is 10.0. The van der Waals surface area contributed by atoms with Gasteiger partial charge in [0.05, 0.1) is 10.5 Å². The Hall–Kier alpha value is -1.71. The van der Waals surface area contributed by atoms with Crippen LogP contribution in [0.1, 0.15) is 18.2 Å². The van der Waals surface area contributed by atoms with Gasteiger partial charge in [-0.25, -0.2) is 0 Å². The van der Waals surface area contributed by atoms with E-state index in [4.69, 9.17) is 5.73 Å². The van der Waals surface area contributed by atoms with Crippen molar-refractivity contribution < 1.29 is 9.72 Å². The molecular formula is C19H26Cl2N4O3S. The molecule has 1 unspecified atom stereocenters. The summed E-state index contributed by atoms with van der Waals surface area (Å²) in [5.41, 5.74) is 6.50. The van der Waals surface area contributed by atoms with E-state index in [1.807, 2.05) is 30.0 Å². The molecule has 0 saturated carbocycles. The number of nitro benzene ring substituents is 1. The Morgan fingerprint density at radius 3 is 2.45 bits per heavy atom. The summed E-state index contributed by atoms with van der Waals surface area (Å²) in [6.45, 7) is 5.72. The molecule has 2 N–H and O–H groups in total. The van der Waals surface area contributed by atoms with Gasteiger partial charge in [-0.05, 0) is 25.1 Å². The largest absolute Gasteiger partial charge is 0.340 e. The standard InChI is InChI=1S/C19H24N4O3S.2ClH/c1-14(20)12-19(24)22-10-8-21(9-11-22)13-15-6-7-18(27-15)16-4-2-3-5-17(16)23(25)26;;/h2-7,14H,8-13,20H2,1H3;2*1H. The maximum atomic E-state index is 12.1. The number of nitrogens with two attached hydrogens (primary N) is 1. The van der Waals surface area contributed by atoms with E-state index in [-0.39, 0.29) is 47.4 Å². The number of rotatable bonds is 6. The molecule has 10 heteroatoms. The molecule has 1 fully saturated rings. The van der Waals surface area contributed by atoms with Gasteiger partial charge in [0.1, 0.15) is 0 Å². The molecule has 0 radical (unpaired) electrons. The van der Waals surface area contributed by atoms with E-state index in [0.717, 1.165) is 24.5 Å². The number of piperazine rings is 1. The third-order valence-corrected chi connectivity index (χ3v) is 5.73. The monoisotopic (exact) mass is 460 g/mol. The molecule has 29 heavy (non-hydrogen) atoms. The predicted molar refractivity (Wildman–Crippen MR) is 121 cm³/mol. The highest BCUT2D eigenvalue weighted by Gasteiger charge is 2.22. The molecule has 1 aliphatic rings. The first-order chi connectivity index (χ1) is 12.9. The molecule has 3 rings (SSSR count). The third-order valence-electron chi connectivity index (χ3n) is 4.63. The number of carbonyl (C=O) groups excluding carboxylic acids is 1. The van der Waals surface area contributed by atoms with E-state index < -0.39 is 0 Å². The van der Waals surface area contributed by atoms with Crippen molar-refractivity contribution >= 4 is 47.7 Å². The molecule has 1 amide bonds. The molecule has 2 aromatic rings. The number of para-hydroxylation sites is 1. The lowest BCUT2D eigenvalue weighted by atomic mass is 10.1. The van der Waals surface area contributed by atoms with Crippen molar-refractivity contribution in [2.75, 3.05) is 26.2 Å². The highest BCUT2D eigenvalue weighted by atomic mass is 35.5. The van der Waals surface area contributed by atoms with Crippen molar-refractivity contribution in [1.29, 1.82) is 0 Å². The SMILES string of the molecule is CC(N)CC(=O)N1CCN(Cc2ccc(-c3ccccc3[N+](=O)[O-])s2)CC1.Cl.Cl. The molecule has 1 aromatic carbocycles. The van der Waals surface area contributed by atoms with E-state index >= 15 is 0 Å². The van der Waals surface area contributed by atoms with Gasteiger partial charge in [-0.2, -0.15) is 0 Å². The summed E-state index contributed by atoms with van der Waals surface area (Å²) in [5, 5.41) is 11.2. The van der Waals surface area contributed by atoms with Gasteiger partial charge in [-0.1, -0.05) is 12.1 Å². The number of carbonyl (C=O) groups is 1. The quantitative estimate of drug-likeness (QED) is 0.525. The Morgan fingerprint density at radius 1 is 1.17 bits per heavy atom. The van der Waals surface area contributed by atoms with Crippen LogP contribution in [0.4, 0.5) is 5.69 Å². The average Bonchev–Trinajstić information content (AvgIpc) is 3.10. The molecular weight excluding hydrogens is 435 g/mol. The lowest BCUT2D eigenvalue weighted by Crippen LogP contribution is -2.49. The van der Waals surface area contributed by atoms with Crippen LogP contribution in [0.3, 0.4) is 0 Å². The fourth-order valence-electron chi connectivity index (χ4n) is 3.23. The molecule has 7 nitrogen and oxygen atoms in total. The lowest BCUT2D eigenvalue weighted by Gasteiger charge is -2.34. The van der Waals surface area contributed by atoms with Crippen LogP contribution in [-0.4, -0.2) is 52.9 Å². The first-order valence-corrected chi connectivity index (χ1v) is 9.84. The minimum atomic E-state index is -0.340. The van der Waals surface area contributed by atoms with Crippen molar-refractivity contribution in [3.05, 3.63) is 51.4 Å².